The normalized spacial score (nSPS) is 13.8. The number of rotatable bonds is 14. The minimum absolute atomic E-state index is 0.0712. The summed E-state index contributed by atoms with van der Waals surface area (Å²) in [6.07, 6.45) is 0.352. The highest BCUT2D eigenvalue weighted by Gasteiger charge is 2.32. The van der Waals surface area contributed by atoms with Crippen molar-refractivity contribution in [3.8, 4) is 0 Å². The molecule has 0 radical (unpaired) electrons. The Hall–Kier alpha value is -2.59. The van der Waals surface area contributed by atoms with Crippen molar-refractivity contribution >= 4 is 25.0 Å². The number of alkyl carbamates (subject to hydrolysis) is 1. The molecule has 0 aliphatic rings. The second kappa shape index (κ2) is 15.4. The van der Waals surface area contributed by atoms with E-state index in [0.29, 0.717) is 19.3 Å². The number of hydrogen-bond donors (Lipinski definition) is 5. The molecule has 1 aromatic rings. The molecular weight excluding hydrogens is 449 g/mol. The molecule has 10 heteroatoms. The van der Waals surface area contributed by atoms with E-state index in [9.17, 15) is 24.4 Å². The van der Waals surface area contributed by atoms with Crippen LogP contribution in [0.25, 0.3) is 0 Å². The topological polar surface area (TPSA) is 137 Å². The van der Waals surface area contributed by atoms with Gasteiger partial charge in [0.05, 0.1) is 5.94 Å². The van der Waals surface area contributed by atoms with Crippen LogP contribution in [0.4, 0.5) is 4.79 Å². The second-order valence-corrected chi connectivity index (χ2v) is 10.2. The Morgan fingerprint density at radius 3 is 1.74 bits per heavy atom. The van der Waals surface area contributed by atoms with Crippen LogP contribution in [0.1, 0.15) is 66.4 Å². The molecule has 0 bridgehead atoms. The molecule has 196 valence electrons. The molecule has 1 unspecified atom stereocenters. The number of nitrogens with one attached hydrogen (secondary N) is 3. The summed E-state index contributed by atoms with van der Waals surface area (Å²) in [5, 5.41) is 27.3. The lowest BCUT2D eigenvalue weighted by Gasteiger charge is -2.27. The van der Waals surface area contributed by atoms with Gasteiger partial charge >= 0.3 is 13.2 Å². The predicted molar refractivity (Wildman–Crippen MR) is 136 cm³/mol. The second-order valence-electron chi connectivity index (χ2n) is 10.2. The minimum Gasteiger partial charge on any atom is -0.445 e. The molecule has 1 rings (SSSR count). The van der Waals surface area contributed by atoms with Crippen LogP contribution >= 0.6 is 0 Å². The number of ether oxygens (including phenoxy) is 1. The highest BCUT2D eigenvalue weighted by atomic mass is 16.5. The average Bonchev–Trinajstić information content (AvgIpc) is 2.76. The first-order valence-electron chi connectivity index (χ1n) is 12.3. The Kier molecular flexibility index (Phi) is 13.4. The van der Waals surface area contributed by atoms with Crippen LogP contribution in [0.5, 0.6) is 0 Å². The van der Waals surface area contributed by atoms with E-state index < -0.39 is 43.1 Å². The van der Waals surface area contributed by atoms with E-state index in [0.717, 1.165) is 5.56 Å². The maximum atomic E-state index is 13.1. The summed E-state index contributed by atoms with van der Waals surface area (Å²) in [6, 6.07) is 7.42. The van der Waals surface area contributed by atoms with Gasteiger partial charge in [-0.05, 0) is 42.6 Å². The van der Waals surface area contributed by atoms with E-state index in [2.05, 4.69) is 16.0 Å². The quantitative estimate of drug-likeness (QED) is 0.254. The summed E-state index contributed by atoms with van der Waals surface area (Å²) in [5.41, 5.74) is 0.822. The van der Waals surface area contributed by atoms with Gasteiger partial charge in [-0.2, -0.15) is 0 Å². The summed E-state index contributed by atoms with van der Waals surface area (Å²) < 4.78 is 5.26. The average molecular weight is 491 g/mol. The van der Waals surface area contributed by atoms with Gasteiger partial charge in [-0.3, -0.25) is 9.59 Å². The fraction of sp³-hybridized carbons (Fsp3) is 0.640. The molecule has 0 saturated heterocycles. The summed E-state index contributed by atoms with van der Waals surface area (Å²) in [5.74, 6) is -1.55. The van der Waals surface area contributed by atoms with Crippen molar-refractivity contribution in [1.29, 1.82) is 0 Å². The summed E-state index contributed by atoms with van der Waals surface area (Å²) in [7, 11) is -1.72. The lowest BCUT2D eigenvalue weighted by molar-refractivity contribution is -0.130. The molecule has 0 aliphatic heterocycles. The van der Waals surface area contributed by atoms with Crippen LogP contribution in [0.15, 0.2) is 30.3 Å². The van der Waals surface area contributed by atoms with Gasteiger partial charge in [-0.25, -0.2) is 4.79 Å². The van der Waals surface area contributed by atoms with Gasteiger partial charge in [0.15, 0.2) is 0 Å². The summed E-state index contributed by atoms with van der Waals surface area (Å²) in [4.78, 5) is 38.5. The van der Waals surface area contributed by atoms with Crippen molar-refractivity contribution in [3.05, 3.63) is 35.9 Å². The van der Waals surface area contributed by atoms with Gasteiger partial charge in [0.1, 0.15) is 18.7 Å². The maximum absolute atomic E-state index is 13.1. The van der Waals surface area contributed by atoms with Gasteiger partial charge in [0.25, 0.3) is 0 Å². The largest absolute Gasteiger partial charge is 0.475 e. The van der Waals surface area contributed by atoms with Gasteiger partial charge in [-0.15, -0.1) is 0 Å². The monoisotopic (exact) mass is 491 g/mol. The van der Waals surface area contributed by atoms with Gasteiger partial charge in [0.2, 0.25) is 11.8 Å². The molecule has 9 nitrogen and oxygen atoms in total. The van der Waals surface area contributed by atoms with Crippen LogP contribution < -0.4 is 16.0 Å². The van der Waals surface area contributed by atoms with E-state index in [4.69, 9.17) is 4.74 Å². The van der Waals surface area contributed by atoms with E-state index in [1.807, 2.05) is 71.9 Å². The third-order valence-corrected chi connectivity index (χ3v) is 5.28. The number of hydrogen-bond acceptors (Lipinski definition) is 6. The van der Waals surface area contributed by atoms with Crippen LogP contribution in [-0.4, -0.2) is 53.1 Å². The van der Waals surface area contributed by atoms with Crippen LogP contribution in [0.2, 0.25) is 0 Å². The Morgan fingerprint density at radius 2 is 1.26 bits per heavy atom. The van der Waals surface area contributed by atoms with Crippen molar-refractivity contribution in [2.45, 2.75) is 85.4 Å². The maximum Gasteiger partial charge on any atom is 0.475 e. The fourth-order valence-electron chi connectivity index (χ4n) is 3.63. The third kappa shape index (κ3) is 12.6. The molecule has 0 heterocycles. The van der Waals surface area contributed by atoms with E-state index in [1.165, 1.54) is 0 Å². The molecule has 1 aromatic carbocycles. The van der Waals surface area contributed by atoms with E-state index in [1.54, 1.807) is 0 Å². The lowest BCUT2D eigenvalue weighted by atomic mass is 9.75. The molecule has 3 atom stereocenters. The molecule has 0 spiro atoms. The van der Waals surface area contributed by atoms with Gasteiger partial charge in [0, 0.05) is 0 Å². The summed E-state index contributed by atoms with van der Waals surface area (Å²) in [6.45, 7) is 11.6. The van der Waals surface area contributed by atoms with Crippen LogP contribution in [0, 0.1) is 17.8 Å². The van der Waals surface area contributed by atoms with E-state index in [-0.39, 0.29) is 24.4 Å². The number of amides is 3. The Bertz CT molecular complexity index is 789. The van der Waals surface area contributed by atoms with Crippen molar-refractivity contribution in [1.82, 2.24) is 16.0 Å². The van der Waals surface area contributed by atoms with Crippen molar-refractivity contribution in [2.24, 2.45) is 17.8 Å². The number of benzene rings is 1. The SMILES string of the molecule is CC(C)CC(NC(=O)[C@H](CC(C)C)NC(=O)OCc1ccccc1)C(=O)N[C@@H](CC(C)C)B(O)O. The molecule has 35 heavy (non-hydrogen) atoms. The Morgan fingerprint density at radius 1 is 0.771 bits per heavy atom. The molecule has 0 fully saturated rings. The van der Waals surface area contributed by atoms with Gasteiger partial charge in [-0.1, -0.05) is 71.9 Å². The number of carbonyl (C=O) groups excluding carboxylic acids is 3. The third-order valence-electron chi connectivity index (χ3n) is 5.28. The zero-order valence-electron chi connectivity index (χ0n) is 21.8. The molecular formula is C25H42BN3O6. The molecule has 3 amide bonds. The first-order chi connectivity index (χ1) is 16.4. The smallest absolute Gasteiger partial charge is 0.445 e. The highest BCUT2D eigenvalue weighted by molar-refractivity contribution is 6.43. The molecule has 5 N–H and O–H groups in total. The fourth-order valence-corrected chi connectivity index (χ4v) is 3.63. The molecule has 0 aromatic heterocycles. The van der Waals surface area contributed by atoms with Crippen molar-refractivity contribution in [2.75, 3.05) is 0 Å². The van der Waals surface area contributed by atoms with Gasteiger partial charge < -0.3 is 30.7 Å². The highest BCUT2D eigenvalue weighted by Crippen LogP contribution is 2.11. The minimum atomic E-state index is -1.72. The van der Waals surface area contributed by atoms with E-state index >= 15 is 0 Å². The van der Waals surface area contributed by atoms with Crippen LogP contribution in [-0.2, 0) is 20.9 Å². The molecule has 0 aliphatic carbocycles. The lowest BCUT2D eigenvalue weighted by Crippen LogP contribution is -2.57. The first kappa shape index (κ1) is 30.4. The molecule has 0 saturated carbocycles. The van der Waals surface area contributed by atoms with Crippen molar-refractivity contribution in [3.63, 3.8) is 0 Å². The first-order valence-corrected chi connectivity index (χ1v) is 12.3. The zero-order chi connectivity index (χ0) is 26.5. The Balaban J connectivity index is 2.87. The van der Waals surface area contributed by atoms with Crippen molar-refractivity contribution < 1.29 is 29.2 Å². The zero-order valence-corrected chi connectivity index (χ0v) is 21.8. The summed E-state index contributed by atoms with van der Waals surface area (Å²) >= 11 is 0. The standard InChI is InChI=1S/C25H42BN3O6/c1-16(2)12-20(24(31)29-22(26(33)34)14-18(5)6)27-23(30)21(13-17(3)4)28-25(32)35-15-19-10-8-7-9-11-19/h7-11,16-18,20-22,33-34H,12-15H2,1-6H3,(H,27,30)(H,28,32)(H,29,31)/t20?,21-,22-/m0/s1. The number of carbonyl (C=O) groups is 3. The predicted octanol–water partition coefficient (Wildman–Crippen LogP) is 2.40. The Labute approximate surface area is 209 Å². The van der Waals surface area contributed by atoms with Crippen LogP contribution in [0.3, 0.4) is 0 Å².